The van der Waals surface area contributed by atoms with E-state index in [2.05, 4.69) is 26.8 Å². The van der Waals surface area contributed by atoms with Crippen molar-refractivity contribution < 1.29 is 14.3 Å². The first-order chi connectivity index (χ1) is 16.8. The van der Waals surface area contributed by atoms with Crippen molar-refractivity contribution in [3.8, 4) is 6.07 Å². The molecule has 6 heteroatoms. The van der Waals surface area contributed by atoms with E-state index in [4.69, 9.17) is 26.8 Å². The molecule has 1 saturated carbocycles. The van der Waals surface area contributed by atoms with Gasteiger partial charge in [-0.15, -0.1) is 0 Å². The first-order valence-corrected chi connectivity index (χ1v) is 12.5. The van der Waals surface area contributed by atoms with Gasteiger partial charge in [-0.2, -0.15) is 5.26 Å². The lowest BCUT2D eigenvalue weighted by Gasteiger charge is -2.37. The molecule has 0 bridgehead atoms. The standard InChI is InChI=1S/C29H31ClN2O3/c1-17(2)20-14-13-18(3)15-24(20)34-29(33)26-25(21-11-7-8-12-23(21)30)22(16-31)27(35-28(26)32)19-9-5-4-6-10-19/h4-12,17-18,20,24-25H,13-15,32H2,1-3H3/t18-,20+,24-,25-/m1/s1. The highest BCUT2D eigenvalue weighted by Crippen LogP contribution is 2.45. The molecule has 0 saturated heterocycles. The van der Waals surface area contributed by atoms with Gasteiger partial charge in [0.25, 0.3) is 0 Å². The fraction of sp³-hybridized carbons (Fsp3) is 0.379. The number of allylic oxidation sites excluding steroid dienone is 1. The van der Waals surface area contributed by atoms with Crippen LogP contribution in [0.25, 0.3) is 5.76 Å². The normalized spacial score (nSPS) is 24.7. The Bertz CT molecular complexity index is 1200. The largest absolute Gasteiger partial charge is 0.459 e. The molecule has 1 heterocycles. The minimum absolute atomic E-state index is 0.0669. The summed E-state index contributed by atoms with van der Waals surface area (Å²) in [6, 6.07) is 18.7. The number of nitriles is 1. The minimum Gasteiger partial charge on any atom is -0.459 e. The van der Waals surface area contributed by atoms with Gasteiger partial charge in [0.15, 0.2) is 5.76 Å². The van der Waals surface area contributed by atoms with Gasteiger partial charge in [0.05, 0.1) is 17.6 Å². The van der Waals surface area contributed by atoms with Crippen molar-refractivity contribution in [2.45, 2.75) is 52.1 Å². The van der Waals surface area contributed by atoms with Crippen LogP contribution in [-0.4, -0.2) is 12.1 Å². The number of carbonyl (C=O) groups is 1. The summed E-state index contributed by atoms with van der Waals surface area (Å²) in [5, 5.41) is 10.7. The van der Waals surface area contributed by atoms with Crippen LogP contribution in [0.5, 0.6) is 0 Å². The quantitative estimate of drug-likeness (QED) is 0.479. The number of carbonyl (C=O) groups excluding carboxylic acids is 1. The Hall–Kier alpha value is -3.23. The van der Waals surface area contributed by atoms with Gasteiger partial charge in [-0.05, 0) is 42.2 Å². The maximum absolute atomic E-state index is 13.7. The van der Waals surface area contributed by atoms with Gasteiger partial charge in [0.2, 0.25) is 5.88 Å². The molecule has 0 amide bonds. The van der Waals surface area contributed by atoms with Gasteiger partial charge in [-0.25, -0.2) is 4.79 Å². The summed E-state index contributed by atoms with van der Waals surface area (Å²) in [5.41, 5.74) is 8.08. The fourth-order valence-corrected chi connectivity index (χ4v) is 5.49. The highest BCUT2D eigenvalue weighted by Gasteiger charge is 2.41. The summed E-state index contributed by atoms with van der Waals surface area (Å²) in [5.74, 6) is 0.0103. The predicted octanol–water partition coefficient (Wildman–Crippen LogP) is 6.56. The topological polar surface area (TPSA) is 85.3 Å². The molecule has 2 aliphatic rings. The Morgan fingerprint density at radius 3 is 2.49 bits per heavy atom. The third-order valence-electron chi connectivity index (χ3n) is 7.11. The summed E-state index contributed by atoms with van der Waals surface area (Å²) >= 11 is 6.58. The molecular formula is C29H31ClN2O3. The first kappa shape index (κ1) is 24.9. The van der Waals surface area contributed by atoms with Crippen molar-refractivity contribution in [2.75, 3.05) is 0 Å². The molecule has 4 rings (SSSR count). The molecule has 1 fully saturated rings. The zero-order chi connectivity index (χ0) is 25.1. The summed E-state index contributed by atoms with van der Waals surface area (Å²) in [7, 11) is 0. The molecule has 1 aliphatic carbocycles. The van der Waals surface area contributed by atoms with E-state index >= 15 is 0 Å². The Balaban J connectivity index is 1.79. The second-order valence-corrected chi connectivity index (χ2v) is 10.2. The van der Waals surface area contributed by atoms with Gasteiger partial charge in [-0.1, -0.05) is 87.3 Å². The summed E-state index contributed by atoms with van der Waals surface area (Å²) in [4.78, 5) is 13.7. The van der Waals surface area contributed by atoms with E-state index in [1.807, 2.05) is 36.4 Å². The monoisotopic (exact) mass is 490 g/mol. The number of rotatable bonds is 5. The highest BCUT2D eigenvalue weighted by molar-refractivity contribution is 6.31. The van der Waals surface area contributed by atoms with Gasteiger partial charge in [0, 0.05) is 10.6 Å². The van der Waals surface area contributed by atoms with E-state index in [0.29, 0.717) is 33.7 Å². The predicted molar refractivity (Wildman–Crippen MR) is 137 cm³/mol. The molecule has 0 unspecified atom stereocenters. The molecule has 0 radical (unpaired) electrons. The summed E-state index contributed by atoms with van der Waals surface area (Å²) in [6.07, 6.45) is 2.71. The van der Waals surface area contributed by atoms with Gasteiger partial charge in [0.1, 0.15) is 11.7 Å². The zero-order valence-corrected chi connectivity index (χ0v) is 21.1. The van der Waals surface area contributed by atoms with E-state index in [1.165, 1.54) is 0 Å². The summed E-state index contributed by atoms with van der Waals surface area (Å²) < 4.78 is 12.1. The smallest absolute Gasteiger partial charge is 0.340 e. The van der Waals surface area contributed by atoms with Crippen molar-refractivity contribution in [3.63, 3.8) is 0 Å². The average molecular weight is 491 g/mol. The lowest BCUT2D eigenvalue weighted by molar-refractivity contribution is -0.151. The molecule has 2 N–H and O–H groups in total. The molecule has 2 aromatic rings. The highest BCUT2D eigenvalue weighted by atomic mass is 35.5. The number of nitrogens with two attached hydrogens (primary N) is 1. The van der Waals surface area contributed by atoms with Crippen LogP contribution in [0, 0.1) is 29.1 Å². The van der Waals surface area contributed by atoms with Crippen molar-refractivity contribution >= 4 is 23.3 Å². The van der Waals surface area contributed by atoms with Gasteiger partial charge in [-0.3, -0.25) is 0 Å². The van der Waals surface area contributed by atoms with Crippen LogP contribution in [0.1, 0.15) is 57.1 Å². The molecule has 1 aliphatic heterocycles. The summed E-state index contributed by atoms with van der Waals surface area (Å²) in [6.45, 7) is 6.51. The molecule has 35 heavy (non-hydrogen) atoms. The third kappa shape index (κ3) is 5.09. The molecular weight excluding hydrogens is 460 g/mol. The van der Waals surface area contributed by atoms with Crippen LogP contribution in [-0.2, 0) is 14.3 Å². The van der Waals surface area contributed by atoms with Crippen LogP contribution in [0.4, 0.5) is 0 Å². The number of hydrogen-bond donors (Lipinski definition) is 1. The van der Waals surface area contributed by atoms with E-state index in [1.54, 1.807) is 18.2 Å². The Morgan fingerprint density at radius 1 is 1.14 bits per heavy atom. The fourth-order valence-electron chi connectivity index (χ4n) is 5.25. The molecule has 5 nitrogen and oxygen atoms in total. The second kappa shape index (κ2) is 10.6. The van der Waals surface area contributed by atoms with Crippen molar-refractivity contribution in [2.24, 2.45) is 23.5 Å². The zero-order valence-electron chi connectivity index (χ0n) is 20.3. The van der Waals surface area contributed by atoms with Crippen LogP contribution in [0.15, 0.2) is 71.6 Å². The SMILES string of the molecule is CC(C)[C@@H]1CC[C@@H](C)C[C@H]1OC(=O)C1=C(N)OC(c2ccccc2)=C(C#N)[C@H]1c1ccccc1Cl. The first-order valence-electron chi connectivity index (χ1n) is 12.1. The van der Waals surface area contributed by atoms with Crippen LogP contribution >= 0.6 is 11.6 Å². The van der Waals surface area contributed by atoms with Crippen LogP contribution in [0.2, 0.25) is 5.02 Å². The number of hydrogen-bond acceptors (Lipinski definition) is 5. The Morgan fingerprint density at radius 2 is 1.83 bits per heavy atom. The average Bonchev–Trinajstić information content (AvgIpc) is 2.84. The molecule has 4 atom stereocenters. The Kier molecular flexibility index (Phi) is 7.52. The number of ether oxygens (including phenoxy) is 2. The molecule has 0 spiro atoms. The number of nitrogens with zero attached hydrogens (tertiary/aromatic N) is 1. The van der Waals surface area contributed by atoms with Crippen LogP contribution in [0.3, 0.4) is 0 Å². The molecule has 182 valence electrons. The Labute approximate surface area is 212 Å². The van der Waals surface area contributed by atoms with E-state index in [9.17, 15) is 10.1 Å². The van der Waals surface area contributed by atoms with E-state index in [-0.39, 0.29) is 29.1 Å². The van der Waals surface area contributed by atoms with Crippen molar-refractivity contribution in [3.05, 3.63) is 87.8 Å². The van der Waals surface area contributed by atoms with E-state index in [0.717, 1.165) is 19.3 Å². The maximum atomic E-state index is 13.7. The van der Waals surface area contributed by atoms with Gasteiger partial charge >= 0.3 is 5.97 Å². The molecule has 2 aromatic carbocycles. The lowest BCUT2D eigenvalue weighted by atomic mass is 9.75. The third-order valence-corrected chi connectivity index (χ3v) is 7.46. The van der Waals surface area contributed by atoms with Crippen molar-refractivity contribution in [1.29, 1.82) is 5.26 Å². The number of benzene rings is 2. The number of halogens is 1. The second-order valence-electron chi connectivity index (χ2n) is 9.82. The van der Waals surface area contributed by atoms with Gasteiger partial charge < -0.3 is 15.2 Å². The maximum Gasteiger partial charge on any atom is 0.340 e. The minimum atomic E-state index is -0.802. The van der Waals surface area contributed by atoms with E-state index < -0.39 is 11.9 Å². The lowest BCUT2D eigenvalue weighted by Crippen LogP contribution is -2.37. The number of esters is 1. The molecule has 0 aromatic heterocycles. The van der Waals surface area contributed by atoms with Crippen LogP contribution < -0.4 is 5.73 Å². The van der Waals surface area contributed by atoms with Crippen molar-refractivity contribution in [1.82, 2.24) is 0 Å².